The van der Waals surface area contributed by atoms with Gasteiger partial charge in [0.25, 0.3) is 0 Å². The normalized spacial score (nSPS) is 8.68. The van der Waals surface area contributed by atoms with E-state index in [1.165, 1.54) is 13.3 Å². The summed E-state index contributed by atoms with van der Waals surface area (Å²) in [4.78, 5) is 20.4. The zero-order valence-corrected chi connectivity index (χ0v) is 12.4. The van der Waals surface area contributed by atoms with Crippen LogP contribution in [0.5, 0.6) is 0 Å². The summed E-state index contributed by atoms with van der Waals surface area (Å²) in [5.41, 5.74) is 4.47. The first-order valence-corrected chi connectivity index (χ1v) is 6.55. The van der Waals surface area contributed by atoms with Crippen LogP contribution in [0.3, 0.4) is 0 Å². The highest BCUT2D eigenvalue weighted by Crippen LogP contribution is 1.97. The fourth-order valence-electron chi connectivity index (χ4n) is 1.05. The van der Waals surface area contributed by atoms with Crippen LogP contribution in [0, 0.1) is 12.8 Å². The van der Waals surface area contributed by atoms with Gasteiger partial charge >= 0.3 is 0 Å². The van der Waals surface area contributed by atoms with Gasteiger partial charge in [-0.3, -0.25) is 9.59 Å². The van der Waals surface area contributed by atoms with Crippen molar-refractivity contribution >= 4 is 11.8 Å². The van der Waals surface area contributed by atoms with Gasteiger partial charge in [0.2, 0.25) is 11.8 Å². The topological polar surface area (TPSA) is 72.2 Å². The van der Waals surface area contributed by atoms with Gasteiger partial charge in [-0.1, -0.05) is 38.8 Å². The highest BCUT2D eigenvalue weighted by atomic mass is 16.1. The summed E-state index contributed by atoms with van der Waals surface area (Å²) in [6.45, 7) is 6.21. The summed E-state index contributed by atoms with van der Waals surface area (Å²) < 4.78 is 0. The van der Waals surface area contributed by atoms with E-state index in [0.29, 0.717) is 13.0 Å². The first-order valence-electron chi connectivity index (χ1n) is 6.55. The number of allylic oxidation sites excluding steroid dienone is 1. The number of carbonyl (C=O) groups is 2. The smallest absolute Gasteiger partial charge is 0.220 e. The van der Waals surface area contributed by atoms with Crippen molar-refractivity contribution in [2.45, 2.75) is 52.9 Å². The Morgan fingerprint density at radius 3 is 2.11 bits per heavy atom. The third-order valence-corrected chi connectivity index (χ3v) is 1.83. The Hall–Kier alpha value is -1.76. The minimum atomic E-state index is -0.333. The van der Waals surface area contributed by atoms with Crippen LogP contribution in [0.1, 0.15) is 52.9 Å². The quantitative estimate of drug-likeness (QED) is 0.423. The first-order chi connectivity index (χ1) is 9.04. The van der Waals surface area contributed by atoms with Crippen LogP contribution in [0.2, 0.25) is 0 Å². The van der Waals surface area contributed by atoms with Gasteiger partial charge in [0, 0.05) is 19.9 Å². The molecule has 0 aromatic carbocycles. The van der Waals surface area contributed by atoms with Gasteiger partial charge in [-0.2, -0.15) is 0 Å². The molecule has 2 amide bonds. The Morgan fingerprint density at radius 1 is 1.16 bits per heavy atom. The van der Waals surface area contributed by atoms with Crippen LogP contribution in [-0.2, 0) is 9.59 Å². The third kappa shape index (κ3) is 38.6. The lowest BCUT2D eigenvalue weighted by molar-refractivity contribution is -0.121. The largest absolute Gasteiger partial charge is 0.370 e. The molecule has 0 spiro atoms. The van der Waals surface area contributed by atoms with Gasteiger partial charge in [-0.25, -0.2) is 0 Å². The maximum absolute atomic E-state index is 11.1. The van der Waals surface area contributed by atoms with E-state index < -0.39 is 0 Å². The molecule has 0 unspecified atom stereocenters. The highest BCUT2D eigenvalue weighted by Gasteiger charge is 1.97. The van der Waals surface area contributed by atoms with Gasteiger partial charge in [-0.15, -0.1) is 12.8 Å². The molecule has 0 rings (SSSR count). The fourth-order valence-corrected chi connectivity index (χ4v) is 1.05. The summed E-state index contributed by atoms with van der Waals surface area (Å²) in [5.74, 6) is -0.158. The SMILES string of the molecule is C#C.CC(N)=O.CC/C=C\CNC(=O)CCCCC. The Balaban J connectivity index is -0.000000361. The zero-order valence-electron chi connectivity index (χ0n) is 12.4. The molecular formula is C15H28N2O2. The van der Waals surface area contributed by atoms with Crippen LogP contribution in [0.25, 0.3) is 0 Å². The van der Waals surface area contributed by atoms with E-state index in [-0.39, 0.29) is 11.8 Å². The molecule has 0 atom stereocenters. The summed E-state index contributed by atoms with van der Waals surface area (Å²) in [6, 6.07) is 0. The molecule has 0 saturated carbocycles. The minimum Gasteiger partial charge on any atom is -0.370 e. The molecule has 0 aliphatic carbocycles. The molecule has 0 fully saturated rings. The number of hydrogen-bond acceptors (Lipinski definition) is 2. The first kappa shape index (κ1) is 22.4. The number of unbranched alkanes of at least 4 members (excludes halogenated alkanes) is 2. The lowest BCUT2D eigenvalue weighted by Gasteiger charge is -2.00. The molecule has 4 heteroatoms. The average molecular weight is 268 g/mol. The van der Waals surface area contributed by atoms with Crippen molar-refractivity contribution in [2.75, 3.05) is 6.54 Å². The molecule has 4 nitrogen and oxygen atoms in total. The van der Waals surface area contributed by atoms with E-state index in [1.807, 2.05) is 6.08 Å². The van der Waals surface area contributed by atoms with Crippen LogP contribution < -0.4 is 11.1 Å². The number of nitrogens with two attached hydrogens (primary N) is 1. The number of terminal acetylenes is 1. The maximum atomic E-state index is 11.1. The van der Waals surface area contributed by atoms with E-state index in [1.54, 1.807) is 0 Å². The van der Waals surface area contributed by atoms with Gasteiger partial charge in [0.15, 0.2) is 0 Å². The third-order valence-electron chi connectivity index (χ3n) is 1.83. The number of primary amides is 1. The summed E-state index contributed by atoms with van der Waals surface area (Å²) in [6.07, 6.45) is 17.1. The standard InChI is InChI=1S/C11H21NO.C2H5NO.C2H2/c1-3-5-7-9-11(13)12-10-8-6-4-2;1-2(3)4;1-2/h6,8H,3-5,7,9-10H2,1-2H3,(H,12,13);1H3,(H2,3,4);1-2H/b8-6-;;. The molecule has 0 aliphatic rings. The molecule has 0 radical (unpaired) electrons. The van der Waals surface area contributed by atoms with Gasteiger partial charge < -0.3 is 11.1 Å². The van der Waals surface area contributed by atoms with E-state index in [9.17, 15) is 9.59 Å². The lowest BCUT2D eigenvalue weighted by Crippen LogP contribution is -2.22. The van der Waals surface area contributed by atoms with E-state index in [2.05, 4.69) is 43.8 Å². The van der Waals surface area contributed by atoms with Crippen molar-refractivity contribution in [1.29, 1.82) is 0 Å². The number of amides is 2. The summed E-state index contributed by atoms with van der Waals surface area (Å²) in [7, 11) is 0. The van der Waals surface area contributed by atoms with E-state index in [4.69, 9.17) is 0 Å². The molecule has 0 aliphatic heterocycles. The summed E-state index contributed by atoms with van der Waals surface area (Å²) in [5, 5.41) is 2.85. The molecular weight excluding hydrogens is 240 g/mol. The van der Waals surface area contributed by atoms with Crippen LogP contribution in [0.4, 0.5) is 0 Å². The highest BCUT2D eigenvalue weighted by molar-refractivity contribution is 5.75. The van der Waals surface area contributed by atoms with E-state index >= 15 is 0 Å². The van der Waals surface area contributed by atoms with Crippen molar-refractivity contribution in [3.63, 3.8) is 0 Å². The molecule has 19 heavy (non-hydrogen) atoms. The van der Waals surface area contributed by atoms with Gasteiger partial charge in [-0.05, 0) is 12.8 Å². The lowest BCUT2D eigenvalue weighted by atomic mass is 10.2. The Morgan fingerprint density at radius 2 is 1.68 bits per heavy atom. The second-order valence-electron chi connectivity index (χ2n) is 3.75. The zero-order chi connectivity index (χ0) is 15.5. The Bertz CT molecular complexity index is 254. The predicted octanol–water partition coefficient (Wildman–Crippen LogP) is 2.39. The van der Waals surface area contributed by atoms with Gasteiger partial charge in [0.1, 0.15) is 0 Å². The fraction of sp³-hybridized carbons (Fsp3) is 0.600. The number of rotatable bonds is 7. The van der Waals surface area contributed by atoms with Crippen molar-refractivity contribution in [3.05, 3.63) is 12.2 Å². The molecule has 0 aromatic heterocycles. The maximum Gasteiger partial charge on any atom is 0.220 e. The molecule has 0 bridgehead atoms. The minimum absolute atomic E-state index is 0.175. The molecule has 0 saturated heterocycles. The number of carbonyl (C=O) groups excluding carboxylic acids is 2. The molecule has 110 valence electrons. The van der Waals surface area contributed by atoms with Crippen LogP contribution in [0.15, 0.2) is 12.2 Å². The van der Waals surface area contributed by atoms with Crippen LogP contribution >= 0.6 is 0 Å². The second kappa shape index (κ2) is 21.5. The monoisotopic (exact) mass is 268 g/mol. The molecule has 3 N–H and O–H groups in total. The Labute approximate surface area is 117 Å². The number of nitrogens with one attached hydrogen (secondary N) is 1. The Kier molecular flexibility index (Phi) is 25.4. The second-order valence-corrected chi connectivity index (χ2v) is 3.75. The van der Waals surface area contributed by atoms with Crippen molar-refractivity contribution in [3.8, 4) is 12.8 Å². The predicted molar refractivity (Wildman–Crippen MR) is 81.3 cm³/mol. The summed E-state index contributed by atoms with van der Waals surface area (Å²) >= 11 is 0. The number of hydrogen-bond donors (Lipinski definition) is 2. The average Bonchev–Trinajstić information content (AvgIpc) is 2.37. The van der Waals surface area contributed by atoms with Crippen LogP contribution in [-0.4, -0.2) is 18.4 Å². The molecule has 0 aromatic rings. The van der Waals surface area contributed by atoms with Crippen molar-refractivity contribution in [1.82, 2.24) is 5.32 Å². The van der Waals surface area contributed by atoms with Crippen molar-refractivity contribution < 1.29 is 9.59 Å². The van der Waals surface area contributed by atoms with E-state index in [0.717, 1.165) is 19.3 Å². The van der Waals surface area contributed by atoms with Crippen molar-refractivity contribution in [2.24, 2.45) is 5.73 Å². The van der Waals surface area contributed by atoms with Gasteiger partial charge in [0.05, 0.1) is 0 Å². The molecule has 0 heterocycles.